The lowest BCUT2D eigenvalue weighted by Crippen LogP contribution is -2.15. The van der Waals surface area contributed by atoms with Gasteiger partial charge in [0, 0.05) is 11.3 Å². The lowest BCUT2D eigenvalue weighted by molar-refractivity contribution is 0.102. The summed E-state index contributed by atoms with van der Waals surface area (Å²) < 4.78 is 59.6. The monoisotopic (exact) mass is 418 g/mol. The first-order chi connectivity index (χ1) is 13.8. The van der Waals surface area contributed by atoms with Crippen molar-refractivity contribution in [3.8, 4) is 5.75 Å². The van der Waals surface area contributed by atoms with Crippen LogP contribution in [0, 0.1) is 11.6 Å². The zero-order valence-corrected chi connectivity index (χ0v) is 16.0. The van der Waals surface area contributed by atoms with Gasteiger partial charge in [-0.15, -0.1) is 0 Å². The second-order valence-electron chi connectivity index (χ2n) is 5.94. The van der Waals surface area contributed by atoms with E-state index < -0.39 is 27.6 Å². The summed E-state index contributed by atoms with van der Waals surface area (Å²) in [5.74, 6) is -1.54. The highest BCUT2D eigenvalue weighted by Gasteiger charge is 2.18. The van der Waals surface area contributed by atoms with Crippen molar-refractivity contribution in [2.24, 2.45) is 0 Å². The minimum absolute atomic E-state index is 0.128. The van der Waals surface area contributed by atoms with E-state index >= 15 is 0 Å². The molecule has 3 aromatic carbocycles. The molecule has 0 bridgehead atoms. The van der Waals surface area contributed by atoms with Crippen LogP contribution in [0.25, 0.3) is 0 Å². The predicted molar refractivity (Wildman–Crippen MR) is 105 cm³/mol. The number of halogens is 2. The molecule has 0 atom stereocenters. The SMILES string of the molecule is COc1ccc(NS(=O)(=O)c2ccc(NC(=O)c3ccc(F)cc3)c(F)c2)cc1. The number of carbonyl (C=O) groups is 1. The molecule has 0 aliphatic carbocycles. The molecule has 0 saturated carbocycles. The maximum Gasteiger partial charge on any atom is 0.261 e. The van der Waals surface area contributed by atoms with Crippen LogP contribution in [0.4, 0.5) is 20.2 Å². The number of rotatable bonds is 6. The number of hydrogen-bond donors (Lipinski definition) is 2. The highest BCUT2D eigenvalue weighted by atomic mass is 32.2. The van der Waals surface area contributed by atoms with Gasteiger partial charge < -0.3 is 10.1 Å². The molecule has 0 saturated heterocycles. The molecule has 0 aliphatic rings. The van der Waals surface area contributed by atoms with Gasteiger partial charge >= 0.3 is 0 Å². The number of carbonyl (C=O) groups excluding carboxylic acids is 1. The molecule has 0 unspecified atom stereocenters. The fourth-order valence-corrected chi connectivity index (χ4v) is 3.50. The van der Waals surface area contributed by atoms with E-state index in [-0.39, 0.29) is 21.8 Å². The first-order valence-electron chi connectivity index (χ1n) is 8.32. The first kappa shape index (κ1) is 20.3. The van der Waals surface area contributed by atoms with E-state index in [0.29, 0.717) is 5.75 Å². The molecule has 0 radical (unpaired) electrons. The van der Waals surface area contributed by atoms with Crippen molar-refractivity contribution in [1.82, 2.24) is 0 Å². The van der Waals surface area contributed by atoms with Crippen LogP contribution >= 0.6 is 0 Å². The van der Waals surface area contributed by atoms with Crippen molar-refractivity contribution in [2.75, 3.05) is 17.1 Å². The van der Waals surface area contributed by atoms with E-state index in [4.69, 9.17) is 4.74 Å². The molecule has 0 spiro atoms. The van der Waals surface area contributed by atoms with E-state index in [1.807, 2.05) is 0 Å². The molecule has 0 aromatic heterocycles. The third-order valence-corrected chi connectivity index (χ3v) is 5.33. The van der Waals surface area contributed by atoms with E-state index in [1.165, 1.54) is 31.4 Å². The Hall–Kier alpha value is -3.46. The van der Waals surface area contributed by atoms with Crippen molar-refractivity contribution >= 4 is 27.3 Å². The average molecular weight is 418 g/mol. The number of amides is 1. The van der Waals surface area contributed by atoms with Crippen LogP contribution in [-0.4, -0.2) is 21.4 Å². The second kappa shape index (κ2) is 8.27. The number of hydrogen-bond acceptors (Lipinski definition) is 4. The molecule has 2 N–H and O–H groups in total. The van der Waals surface area contributed by atoms with Crippen molar-refractivity contribution in [1.29, 1.82) is 0 Å². The van der Waals surface area contributed by atoms with Crippen molar-refractivity contribution < 1.29 is 26.7 Å². The van der Waals surface area contributed by atoms with Gasteiger partial charge in [0.2, 0.25) is 0 Å². The van der Waals surface area contributed by atoms with Gasteiger partial charge in [0.1, 0.15) is 17.4 Å². The summed E-state index contributed by atoms with van der Waals surface area (Å²) in [7, 11) is -2.56. The smallest absolute Gasteiger partial charge is 0.261 e. The predicted octanol–water partition coefficient (Wildman–Crippen LogP) is 4.03. The summed E-state index contributed by atoms with van der Waals surface area (Å²) in [6.07, 6.45) is 0. The van der Waals surface area contributed by atoms with Crippen LogP contribution in [0.15, 0.2) is 71.6 Å². The highest BCUT2D eigenvalue weighted by molar-refractivity contribution is 7.92. The Labute approximate surface area is 166 Å². The van der Waals surface area contributed by atoms with Gasteiger partial charge in [0.15, 0.2) is 0 Å². The van der Waals surface area contributed by atoms with Crippen LogP contribution in [0.5, 0.6) is 5.75 Å². The average Bonchev–Trinajstić information content (AvgIpc) is 2.70. The number of benzene rings is 3. The Morgan fingerprint density at radius 1 is 0.931 bits per heavy atom. The maximum atomic E-state index is 14.4. The number of nitrogens with one attached hydrogen (secondary N) is 2. The fraction of sp³-hybridized carbons (Fsp3) is 0.0500. The summed E-state index contributed by atoms with van der Waals surface area (Å²) in [4.78, 5) is 11.8. The Morgan fingerprint density at radius 2 is 1.59 bits per heavy atom. The molecule has 0 fully saturated rings. The molecule has 0 heterocycles. The molecule has 1 amide bonds. The van der Waals surface area contributed by atoms with Crippen molar-refractivity contribution in [3.05, 3.63) is 83.9 Å². The summed E-state index contributed by atoms with van der Waals surface area (Å²) >= 11 is 0. The van der Waals surface area contributed by atoms with Gasteiger partial charge in [-0.25, -0.2) is 17.2 Å². The second-order valence-corrected chi connectivity index (χ2v) is 7.62. The minimum Gasteiger partial charge on any atom is -0.497 e. The van der Waals surface area contributed by atoms with Crippen LogP contribution in [-0.2, 0) is 10.0 Å². The van der Waals surface area contributed by atoms with E-state index in [2.05, 4.69) is 10.0 Å². The Bertz CT molecular complexity index is 1130. The van der Waals surface area contributed by atoms with Gasteiger partial charge in [-0.05, 0) is 66.7 Å². The van der Waals surface area contributed by atoms with Crippen molar-refractivity contribution in [3.63, 3.8) is 0 Å². The summed E-state index contributed by atoms with van der Waals surface area (Å²) in [6, 6.07) is 14.0. The number of methoxy groups -OCH3 is 1. The lowest BCUT2D eigenvalue weighted by atomic mass is 10.2. The van der Waals surface area contributed by atoms with Crippen LogP contribution in [0.3, 0.4) is 0 Å². The molecule has 150 valence electrons. The highest BCUT2D eigenvalue weighted by Crippen LogP contribution is 2.23. The minimum atomic E-state index is -4.04. The maximum absolute atomic E-state index is 14.4. The van der Waals surface area contributed by atoms with Crippen LogP contribution in [0.2, 0.25) is 0 Å². The van der Waals surface area contributed by atoms with E-state index in [0.717, 1.165) is 30.3 Å². The summed E-state index contributed by atoms with van der Waals surface area (Å²) in [5, 5.41) is 2.32. The zero-order chi connectivity index (χ0) is 21.0. The van der Waals surface area contributed by atoms with E-state index in [1.54, 1.807) is 12.1 Å². The van der Waals surface area contributed by atoms with E-state index in [9.17, 15) is 22.0 Å². The summed E-state index contributed by atoms with van der Waals surface area (Å²) in [5.41, 5.74) is 0.200. The van der Waals surface area contributed by atoms with Gasteiger partial charge in [-0.1, -0.05) is 0 Å². The number of ether oxygens (including phenoxy) is 1. The largest absolute Gasteiger partial charge is 0.497 e. The van der Waals surface area contributed by atoms with Crippen LogP contribution < -0.4 is 14.8 Å². The first-order valence-corrected chi connectivity index (χ1v) is 9.80. The number of anilines is 2. The molecule has 29 heavy (non-hydrogen) atoms. The van der Waals surface area contributed by atoms with Crippen LogP contribution in [0.1, 0.15) is 10.4 Å². The zero-order valence-electron chi connectivity index (χ0n) is 15.1. The van der Waals surface area contributed by atoms with Gasteiger partial charge in [0.25, 0.3) is 15.9 Å². The van der Waals surface area contributed by atoms with Gasteiger partial charge in [0.05, 0.1) is 17.7 Å². The molecule has 3 rings (SSSR count). The third-order valence-electron chi connectivity index (χ3n) is 3.95. The Kier molecular flexibility index (Phi) is 5.79. The molecule has 3 aromatic rings. The van der Waals surface area contributed by atoms with Crippen molar-refractivity contribution in [2.45, 2.75) is 4.90 Å². The molecular formula is C20H16F2N2O4S. The van der Waals surface area contributed by atoms with Gasteiger partial charge in [-0.2, -0.15) is 0 Å². The Morgan fingerprint density at radius 3 is 2.17 bits per heavy atom. The lowest BCUT2D eigenvalue weighted by Gasteiger charge is -2.11. The molecule has 9 heteroatoms. The molecule has 6 nitrogen and oxygen atoms in total. The fourth-order valence-electron chi connectivity index (χ4n) is 2.43. The quantitative estimate of drug-likeness (QED) is 0.633. The number of sulfonamides is 1. The third kappa shape index (κ3) is 4.88. The summed E-state index contributed by atoms with van der Waals surface area (Å²) in [6.45, 7) is 0. The molecule has 0 aliphatic heterocycles. The topological polar surface area (TPSA) is 84.5 Å². The normalized spacial score (nSPS) is 11.0. The Balaban J connectivity index is 1.76. The van der Waals surface area contributed by atoms with Gasteiger partial charge in [-0.3, -0.25) is 9.52 Å². The standard InChI is InChI=1S/C20H16F2N2O4S/c1-28-16-8-6-15(7-9-16)24-29(26,27)17-10-11-19(18(22)12-17)23-20(25)13-2-4-14(21)5-3-13/h2-12,24H,1H3,(H,23,25). The molecular weight excluding hydrogens is 402 g/mol.